The molecule has 2 heterocycles. The number of anilines is 1. The highest BCUT2D eigenvalue weighted by molar-refractivity contribution is 7.98. The Balaban J connectivity index is 1.55. The Bertz CT molecular complexity index is 1220. The van der Waals surface area contributed by atoms with Crippen molar-refractivity contribution in [3.8, 4) is 11.6 Å². The van der Waals surface area contributed by atoms with E-state index in [4.69, 9.17) is 10.5 Å². The van der Waals surface area contributed by atoms with Gasteiger partial charge in [0.2, 0.25) is 11.6 Å². The van der Waals surface area contributed by atoms with Gasteiger partial charge in [0, 0.05) is 10.6 Å². The monoisotopic (exact) mass is 450 g/mol. The highest BCUT2D eigenvalue weighted by Gasteiger charge is 2.24. The van der Waals surface area contributed by atoms with Crippen LogP contribution in [0.2, 0.25) is 0 Å². The molecule has 32 heavy (non-hydrogen) atoms. The average Bonchev–Trinajstić information content (AvgIpc) is 3.44. The van der Waals surface area contributed by atoms with Crippen molar-refractivity contribution < 1.29 is 14.2 Å². The summed E-state index contributed by atoms with van der Waals surface area (Å²) in [5.74, 6) is 0.755. The van der Waals surface area contributed by atoms with Crippen LogP contribution in [0.5, 0.6) is 5.75 Å². The molecule has 0 bridgehead atoms. The van der Waals surface area contributed by atoms with E-state index in [1.54, 1.807) is 19.2 Å². The van der Waals surface area contributed by atoms with Crippen LogP contribution in [0.3, 0.4) is 0 Å². The van der Waals surface area contributed by atoms with Crippen molar-refractivity contribution in [1.82, 2.24) is 30.7 Å². The van der Waals surface area contributed by atoms with Crippen molar-refractivity contribution in [2.45, 2.75) is 10.6 Å². The highest BCUT2D eigenvalue weighted by Crippen LogP contribution is 2.25. The van der Waals surface area contributed by atoms with Gasteiger partial charge in [-0.3, -0.25) is 4.79 Å². The van der Waals surface area contributed by atoms with E-state index >= 15 is 0 Å². The second-order valence-corrected chi connectivity index (χ2v) is 7.39. The molecule has 1 amide bonds. The minimum atomic E-state index is -0.528. The summed E-state index contributed by atoms with van der Waals surface area (Å²) in [5.41, 5.74) is 9.62. The number of nitrogens with two attached hydrogens (primary N) is 1. The Morgan fingerprint density at radius 1 is 1.22 bits per heavy atom. The standard InChI is InChI=1S/C20H18N8O3S/c1-30-14-9-7-13(8-10-14)11-22-24-20(29)17-16(12-32-15-5-3-2-4-6-15)28(27-23-17)19-18(21)25-31-26-19/h2-11H,12H2,1H3,(H2,21,25)(H,24,29). The molecule has 0 fully saturated rings. The number of aromatic nitrogens is 5. The Hall–Kier alpha value is -4.19. The number of methoxy groups -OCH3 is 1. The van der Waals surface area contributed by atoms with Gasteiger partial charge in [0.05, 0.1) is 19.0 Å². The Labute approximate surface area is 186 Å². The molecule has 0 aliphatic rings. The first-order valence-corrected chi connectivity index (χ1v) is 10.3. The van der Waals surface area contributed by atoms with Crippen LogP contribution in [0.4, 0.5) is 5.82 Å². The van der Waals surface area contributed by atoms with E-state index in [2.05, 4.69) is 35.8 Å². The van der Waals surface area contributed by atoms with Gasteiger partial charge in [-0.2, -0.15) is 9.78 Å². The summed E-state index contributed by atoms with van der Waals surface area (Å²) in [5, 5.41) is 19.4. The van der Waals surface area contributed by atoms with Crippen molar-refractivity contribution in [2.24, 2.45) is 5.10 Å². The number of hydrogen-bond acceptors (Lipinski definition) is 10. The van der Waals surface area contributed by atoms with E-state index < -0.39 is 5.91 Å². The summed E-state index contributed by atoms with van der Waals surface area (Å²) in [4.78, 5) is 13.8. The van der Waals surface area contributed by atoms with Crippen molar-refractivity contribution in [3.05, 3.63) is 71.5 Å². The van der Waals surface area contributed by atoms with E-state index in [9.17, 15) is 4.79 Å². The third-order valence-corrected chi connectivity index (χ3v) is 5.31. The lowest BCUT2D eigenvalue weighted by atomic mass is 10.2. The van der Waals surface area contributed by atoms with Gasteiger partial charge in [-0.25, -0.2) is 10.1 Å². The minimum Gasteiger partial charge on any atom is -0.497 e. The Morgan fingerprint density at radius 3 is 2.69 bits per heavy atom. The van der Waals surface area contributed by atoms with Crippen LogP contribution in [0.25, 0.3) is 5.82 Å². The number of benzene rings is 2. The SMILES string of the molecule is COc1ccc(C=NNC(=O)c2nnn(-c3nonc3N)c2CSc2ccccc2)cc1. The lowest BCUT2D eigenvalue weighted by molar-refractivity contribution is 0.0949. The smallest absolute Gasteiger partial charge is 0.293 e. The normalized spacial score (nSPS) is 11.0. The molecule has 162 valence electrons. The van der Waals surface area contributed by atoms with E-state index in [1.807, 2.05) is 42.5 Å². The summed E-state index contributed by atoms with van der Waals surface area (Å²) < 4.78 is 11.1. The third-order valence-electron chi connectivity index (χ3n) is 4.29. The second kappa shape index (κ2) is 9.75. The summed E-state index contributed by atoms with van der Waals surface area (Å²) in [6.45, 7) is 0. The first kappa shape index (κ1) is 21.1. The number of hydrogen-bond donors (Lipinski definition) is 2. The van der Waals surface area contributed by atoms with E-state index in [1.165, 1.54) is 22.7 Å². The van der Waals surface area contributed by atoms with Crippen LogP contribution in [0.15, 0.2) is 69.2 Å². The number of carbonyl (C=O) groups excluding carboxylic acids is 1. The maximum Gasteiger partial charge on any atom is 0.293 e. The van der Waals surface area contributed by atoms with Crippen molar-refractivity contribution in [1.29, 1.82) is 0 Å². The van der Waals surface area contributed by atoms with Gasteiger partial charge in [0.25, 0.3) is 5.91 Å². The molecule has 2 aromatic heterocycles. The van der Waals surface area contributed by atoms with Crippen molar-refractivity contribution in [3.63, 3.8) is 0 Å². The molecule has 0 unspecified atom stereocenters. The molecule has 2 aromatic carbocycles. The number of nitrogens with zero attached hydrogens (tertiary/aromatic N) is 6. The number of thioether (sulfide) groups is 1. The van der Waals surface area contributed by atoms with Gasteiger partial charge in [0.1, 0.15) is 5.75 Å². The first-order chi connectivity index (χ1) is 15.7. The zero-order valence-corrected chi connectivity index (χ0v) is 17.7. The summed E-state index contributed by atoms with van der Waals surface area (Å²) in [6.07, 6.45) is 1.51. The molecule has 4 rings (SSSR count). The van der Waals surface area contributed by atoms with Crippen LogP contribution in [0.1, 0.15) is 21.7 Å². The largest absolute Gasteiger partial charge is 0.497 e. The van der Waals surface area contributed by atoms with Crippen LogP contribution in [-0.4, -0.2) is 44.5 Å². The topological polar surface area (TPSA) is 146 Å². The van der Waals surface area contributed by atoms with Gasteiger partial charge in [-0.15, -0.1) is 16.9 Å². The predicted octanol–water partition coefficient (Wildman–Crippen LogP) is 2.30. The van der Waals surface area contributed by atoms with E-state index in [0.29, 0.717) is 11.4 Å². The molecule has 4 aromatic rings. The molecule has 0 atom stereocenters. The number of amides is 1. The Morgan fingerprint density at radius 2 is 2.00 bits per heavy atom. The fourth-order valence-corrected chi connectivity index (χ4v) is 3.60. The zero-order valence-electron chi connectivity index (χ0n) is 16.9. The van der Waals surface area contributed by atoms with Crippen molar-refractivity contribution in [2.75, 3.05) is 12.8 Å². The average molecular weight is 450 g/mol. The fraction of sp³-hybridized carbons (Fsp3) is 0.100. The van der Waals surface area contributed by atoms with Crippen LogP contribution >= 0.6 is 11.8 Å². The highest BCUT2D eigenvalue weighted by atomic mass is 32.2. The second-order valence-electron chi connectivity index (χ2n) is 6.34. The van der Waals surface area contributed by atoms with Crippen LogP contribution in [-0.2, 0) is 5.75 Å². The van der Waals surface area contributed by atoms with Gasteiger partial charge in [0.15, 0.2) is 5.69 Å². The van der Waals surface area contributed by atoms with Gasteiger partial charge < -0.3 is 10.5 Å². The Kier molecular flexibility index (Phi) is 6.41. The zero-order chi connectivity index (χ0) is 22.3. The number of hydrazone groups is 1. The van der Waals surface area contributed by atoms with Crippen molar-refractivity contribution >= 4 is 29.7 Å². The minimum absolute atomic E-state index is 0.0327. The number of nitrogens with one attached hydrogen (secondary N) is 1. The molecule has 11 nitrogen and oxygen atoms in total. The van der Waals surface area contributed by atoms with Gasteiger partial charge in [-0.1, -0.05) is 23.4 Å². The number of carbonyl (C=O) groups is 1. The number of rotatable bonds is 8. The number of nitrogen functional groups attached to an aromatic ring is 1. The third kappa shape index (κ3) is 4.75. The summed E-state index contributed by atoms with van der Waals surface area (Å²) in [6, 6.07) is 16.9. The van der Waals surface area contributed by atoms with Crippen LogP contribution < -0.4 is 15.9 Å². The molecule has 3 N–H and O–H groups in total. The molecule has 0 spiro atoms. The predicted molar refractivity (Wildman–Crippen MR) is 118 cm³/mol. The molecular weight excluding hydrogens is 432 g/mol. The lowest BCUT2D eigenvalue weighted by Gasteiger charge is -2.05. The first-order valence-electron chi connectivity index (χ1n) is 9.34. The molecule has 0 aliphatic heterocycles. The van der Waals surface area contributed by atoms with E-state index in [0.717, 1.165) is 16.2 Å². The molecule has 0 radical (unpaired) electrons. The van der Waals surface area contributed by atoms with E-state index in [-0.39, 0.29) is 17.3 Å². The molecule has 12 heteroatoms. The summed E-state index contributed by atoms with van der Waals surface area (Å²) in [7, 11) is 1.59. The molecule has 0 saturated heterocycles. The summed E-state index contributed by atoms with van der Waals surface area (Å²) >= 11 is 1.50. The maximum atomic E-state index is 12.8. The lowest BCUT2D eigenvalue weighted by Crippen LogP contribution is -2.20. The maximum absolute atomic E-state index is 12.8. The van der Waals surface area contributed by atoms with Gasteiger partial charge >= 0.3 is 0 Å². The number of ether oxygens (including phenoxy) is 1. The van der Waals surface area contributed by atoms with Crippen LogP contribution in [0, 0.1) is 0 Å². The quantitative estimate of drug-likeness (QED) is 0.234. The molecular formula is C20H18N8O3S. The molecule has 0 aliphatic carbocycles. The van der Waals surface area contributed by atoms with Gasteiger partial charge in [-0.05, 0) is 52.3 Å². The fourth-order valence-electron chi connectivity index (χ4n) is 2.69. The molecule has 0 saturated carbocycles.